The molecule has 0 saturated heterocycles. The van der Waals surface area contributed by atoms with Crippen LogP contribution in [0.25, 0.3) is 0 Å². The van der Waals surface area contributed by atoms with Gasteiger partial charge in [-0.3, -0.25) is 0 Å². The number of ether oxygens (including phenoxy) is 2. The first-order chi connectivity index (χ1) is 8.81. The topological polar surface area (TPSA) is 30.5 Å². The van der Waals surface area contributed by atoms with Crippen molar-refractivity contribution in [2.24, 2.45) is 0 Å². The minimum absolute atomic E-state index is 0.776. The Hall–Kier alpha value is -0.740. The summed E-state index contributed by atoms with van der Waals surface area (Å²) in [5, 5.41) is 4.54. The smallest absolute Gasteiger partial charge is 0.161 e. The van der Waals surface area contributed by atoms with Gasteiger partial charge in [0, 0.05) is 11.9 Å². The fraction of sp³-hybridized carbons (Fsp3) is 0.571. The van der Waals surface area contributed by atoms with E-state index < -0.39 is 0 Å². The molecule has 3 nitrogen and oxygen atoms in total. The summed E-state index contributed by atoms with van der Waals surface area (Å²) in [6.45, 7) is 1.93. The minimum Gasteiger partial charge on any atom is -0.493 e. The van der Waals surface area contributed by atoms with E-state index in [4.69, 9.17) is 9.47 Å². The second-order valence-electron chi connectivity index (χ2n) is 4.12. The first kappa shape index (κ1) is 15.3. The van der Waals surface area contributed by atoms with Crippen molar-refractivity contribution in [3.63, 3.8) is 0 Å². The molecule has 1 aromatic rings. The van der Waals surface area contributed by atoms with Gasteiger partial charge in [-0.2, -0.15) is 0 Å². The van der Waals surface area contributed by atoms with Gasteiger partial charge in [-0.25, -0.2) is 0 Å². The monoisotopic (exact) mass is 315 g/mol. The molecule has 0 aromatic heterocycles. The van der Waals surface area contributed by atoms with Crippen LogP contribution in [0.1, 0.15) is 24.8 Å². The van der Waals surface area contributed by atoms with E-state index in [1.165, 1.54) is 24.8 Å². The number of nitrogens with one attached hydrogen (secondary N) is 1. The molecule has 0 fully saturated rings. The zero-order chi connectivity index (χ0) is 13.2. The lowest BCUT2D eigenvalue weighted by molar-refractivity contribution is 0.354. The highest BCUT2D eigenvalue weighted by Crippen LogP contribution is 2.27. The van der Waals surface area contributed by atoms with Crippen molar-refractivity contribution in [2.75, 3.05) is 26.1 Å². The number of benzene rings is 1. The molecule has 0 amide bonds. The van der Waals surface area contributed by atoms with Crippen molar-refractivity contribution >= 4 is 15.9 Å². The van der Waals surface area contributed by atoms with E-state index in [9.17, 15) is 0 Å². The van der Waals surface area contributed by atoms with Crippen LogP contribution in [0, 0.1) is 0 Å². The number of halogens is 1. The summed E-state index contributed by atoms with van der Waals surface area (Å²) in [5.41, 5.74) is 1.22. The van der Waals surface area contributed by atoms with Crippen LogP contribution in [0.5, 0.6) is 11.5 Å². The second kappa shape index (κ2) is 9.22. The molecule has 0 aliphatic heterocycles. The molecule has 0 spiro atoms. The Bertz CT molecular complexity index is 345. The summed E-state index contributed by atoms with van der Waals surface area (Å²) in [7, 11) is 3.31. The van der Waals surface area contributed by atoms with Crippen LogP contribution in [0.3, 0.4) is 0 Å². The van der Waals surface area contributed by atoms with E-state index in [-0.39, 0.29) is 0 Å². The maximum Gasteiger partial charge on any atom is 0.161 e. The number of hydrogen-bond acceptors (Lipinski definition) is 3. The summed E-state index contributed by atoms with van der Waals surface area (Å²) >= 11 is 3.44. The van der Waals surface area contributed by atoms with Crippen molar-refractivity contribution in [2.45, 2.75) is 25.8 Å². The van der Waals surface area contributed by atoms with Gasteiger partial charge in [-0.05, 0) is 37.1 Å². The number of rotatable bonds is 9. The zero-order valence-electron chi connectivity index (χ0n) is 11.2. The van der Waals surface area contributed by atoms with Gasteiger partial charge in [0.1, 0.15) is 0 Å². The Labute approximate surface area is 118 Å². The van der Waals surface area contributed by atoms with Crippen LogP contribution < -0.4 is 14.8 Å². The highest BCUT2D eigenvalue weighted by atomic mass is 79.9. The summed E-state index contributed by atoms with van der Waals surface area (Å²) in [6, 6.07) is 6.03. The third-order valence-electron chi connectivity index (χ3n) is 2.76. The number of unbranched alkanes of at least 4 members (excludes halogenated alkanes) is 2. The van der Waals surface area contributed by atoms with Gasteiger partial charge < -0.3 is 14.8 Å². The van der Waals surface area contributed by atoms with E-state index in [1.54, 1.807) is 14.2 Å². The molecule has 0 aliphatic rings. The van der Waals surface area contributed by atoms with E-state index in [0.717, 1.165) is 29.9 Å². The fourth-order valence-corrected chi connectivity index (χ4v) is 2.14. The number of alkyl halides is 1. The van der Waals surface area contributed by atoms with E-state index in [2.05, 4.69) is 27.3 Å². The molecule has 0 unspecified atom stereocenters. The Morgan fingerprint density at radius 3 is 2.50 bits per heavy atom. The van der Waals surface area contributed by atoms with Crippen LogP contribution in [-0.4, -0.2) is 26.1 Å². The summed E-state index contributed by atoms with van der Waals surface area (Å²) in [4.78, 5) is 0. The molecule has 4 heteroatoms. The lowest BCUT2D eigenvalue weighted by Crippen LogP contribution is -2.14. The Morgan fingerprint density at radius 2 is 1.83 bits per heavy atom. The SMILES string of the molecule is COc1ccc(CNCCCCCBr)cc1OC. The fourth-order valence-electron chi connectivity index (χ4n) is 1.74. The zero-order valence-corrected chi connectivity index (χ0v) is 12.8. The van der Waals surface area contributed by atoms with Gasteiger partial charge in [0.25, 0.3) is 0 Å². The first-order valence-electron chi connectivity index (χ1n) is 6.29. The minimum atomic E-state index is 0.776. The van der Waals surface area contributed by atoms with Gasteiger partial charge in [-0.1, -0.05) is 28.4 Å². The van der Waals surface area contributed by atoms with Gasteiger partial charge >= 0.3 is 0 Å². The molecule has 0 aliphatic carbocycles. The quantitative estimate of drug-likeness (QED) is 0.560. The van der Waals surface area contributed by atoms with E-state index >= 15 is 0 Å². The molecular formula is C14H22BrNO2. The first-order valence-corrected chi connectivity index (χ1v) is 7.41. The standard InChI is InChI=1S/C14H22BrNO2/c1-17-13-7-6-12(10-14(13)18-2)11-16-9-5-3-4-8-15/h6-7,10,16H,3-5,8-9,11H2,1-2H3. The summed E-state index contributed by atoms with van der Waals surface area (Å²) in [5.74, 6) is 1.56. The van der Waals surface area contributed by atoms with Crippen molar-refractivity contribution in [1.29, 1.82) is 0 Å². The van der Waals surface area contributed by atoms with Crippen molar-refractivity contribution in [3.8, 4) is 11.5 Å². The highest BCUT2D eigenvalue weighted by molar-refractivity contribution is 9.09. The average Bonchev–Trinajstić information content (AvgIpc) is 2.42. The van der Waals surface area contributed by atoms with Crippen molar-refractivity contribution in [1.82, 2.24) is 5.32 Å². The Kier molecular flexibility index (Phi) is 7.85. The third kappa shape index (κ3) is 5.27. The number of methoxy groups -OCH3 is 2. The largest absolute Gasteiger partial charge is 0.493 e. The van der Waals surface area contributed by atoms with Gasteiger partial charge in [0.15, 0.2) is 11.5 Å². The molecular weight excluding hydrogens is 294 g/mol. The molecule has 0 atom stereocenters. The normalized spacial score (nSPS) is 10.4. The van der Waals surface area contributed by atoms with Crippen LogP contribution >= 0.6 is 15.9 Å². The van der Waals surface area contributed by atoms with Crippen LogP contribution in [0.2, 0.25) is 0 Å². The Morgan fingerprint density at radius 1 is 1.06 bits per heavy atom. The maximum absolute atomic E-state index is 5.28. The van der Waals surface area contributed by atoms with Gasteiger partial charge in [0.2, 0.25) is 0 Å². The summed E-state index contributed by atoms with van der Waals surface area (Å²) < 4.78 is 10.5. The molecule has 0 heterocycles. The van der Waals surface area contributed by atoms with Crippen LogP contribution in [0.4, 0.5) is 0 Å². The lowest BCUT2D eigenvalue weighted by Gasteiger charge is -2.10. The number of hydrogen-bond donors (Lipinski definition) is 1. The van der Waals surface area contributed by atoms with Gasteiger partial charge in [-0.15, -0.1) is 0 Å². The Balaban J connectivity index is 2.34. The third-order valence-corrected chi connectivity index (χ3v) is 3.32. The predicted octanol–water partition coefficient (Wildman–Crippen LogP) is 3.36. The second-order valence-corrected chi connectivity index (χ2v) is 4.91. The molecule has 1 aromatic carbocycles. The van der Waals surface area contributed by atoms with Crippen molar-refractivity contribution in [3.05, 3.63) is 23.8 Å². The predicted molar refractivity (Wildman–Crippen MR) is 78.9 cm³/mol. The summed E-state index contributed by atoms with van der Waals surface area (Å²) in [6.07, 6.45) is 3.74. The molecule has 0 radical (unpaired) electrons. The van der Waals surface area contributed by atoms with Crippen LogP contribution in [0.15, 0.2) is 18.2 Å². The average molecular weight is 316 g/mol. The molecule has 0 saturated carbocycles. The van der Waals surface area contributed by atoms with E-state index in [1.807, 2.05) is 12.1 Å². The van der Waals surface area contributed by atoms with Crippen LogP contribution in [-0.2, 0) is 6.54 Å². The molecule has 1 N–H and O–H groups in total. The lowest BCUT2D eigenvalue weighted by atomic mass is 10.2. The maximum atomic E-state index is 5.28. The van der Waals surface area contributed by atoms with Crippen molar-refractivity contribution < 1.29 is 9.47 Å². The van der Waals surface area contributed by atoms with E-state index in [0.29, 0.717) is 0 Å². The molecule has 18 heavy (non-hydrogen) atoms. The highest BCUT2D eigenvalue weighted by Gasteiger charge is 2.03. The molecule has 102 valence electrons. The molecule has 1 rings (SSSR count). The molecule has 0 bridgehead atoms. The van der Waals surface area contributed by atoms with Gasteiger partial charge in [0.05, 0.1) is 14.2 Å².